The highest BCUT2D eigenvalue weighted by molar-refractivity contribution is 9.10. The maximum absolute atomic E-state index is 13.0. The van der Waals surface area contributed by atoms with E-state index >= 15 is 0 Å². The summed E-state index contributed by atoms with van der Waals surface area (Å²) in [6.45, 7) is 0. The van der Waals surface area contributed by atoms with E-state index in [4.69, 9.17) is 5.11 Å². The summed E-state index contributed by atoms with van der Waals surface area (Å²) in [7, 11) is -3.91. The topological polar surface area (TPSA) is 83.5 Å². The molecule has 0 bridgehead atoms. The van der Waals surface area contributed by atoms with Crippen LogP contribution in [0, 0.1) is 5.82 Å². The lowest BCUT2D eigenvalue weighted by Crippen LogP contribution is -2.30. The fourth-order valence-electron chi connectivity index (χ4n) is 1.97. The van der Waals surface area contributed by atoms with Crippen molar-refractivity contribution in [2.75, 3.05) is 0 Å². The van der Waals surface area contributed by atoms with E-state index in [1.165, 1.54) is 24.3 Å². The SMILES string of the molecule is O=C(O)CC(NS(=O)(=O)c1ccc(Br)cc1)c1ccc(F)cc1. The van der Waals surface area contributed by atoms with Crippen molar-refractivity contribution in [2.45, 2.75) is 17.4 Å². The first-order chi connectivity index (χ1) is 10.8. The number of nitrogens with one attached hydrogen (secondary N) is 1. The number of rotatable bonds is 6. The number of halogens is 2. The van der Waals surface area contributed by atoms with Gasteiger partial charge < -0.3 is 5.11 Å². The third-order valence-corrected chi connectivity index (χ3v) is 5.09. The van der Waals surface area contributed by atoms with Crippen molar-refractivity contribution in [1.82, 2.24) is 4.72 Å². The largest absolute Gasteiger partial charge is 0.481 e. The number of hydrogen-bond donors (Lipinski definition) is 2. The molecule has 0 aliphatic heterocycles. The van der Waals surface area contributed by atoms with Crippen LogP contribution in [-0.4, -0.2) is 19.5 Å². The van der Waals surface area contributed by atoms with Crippen molar-refractivity contribution in [3.63, 3.8) is 0 Å². The van der Waals surface area contributed by atoms with Gasteiger partial charge in [0.2, 0.25) is 10.0 Å². The minimum Gasteiger partial charge on any atom is -0.481 e. The van der Waals surface area contributed by atoms with Gasteiger partial charge in [-0.15, -0.1) is 0 Å². The van der Waals surface area contributed by atoms with E-state index in [9.17, 15) is 17.6 Å². The molecule has 0 spiro atoms. The predicted octanol–water partition coefficient (Wildman–Crippen LogP) is 3.08. The van der Waals surface area contributed by atoms with Crippen LogP contribution in [0.1, 0.15) is 18.0 Å². The fourth-order valence-corrected chi connectivity index (χ4v) is 3.46. The van der Waals surface area contributed by atoms with Gasteiger partial charge in [0.05, 0.1) is 17.4 Å². The molecule has 0 aromatic heterocycles. The zero-order valence-electron chi connectivity index (χ0n) is 11.7. The summed E-state index contributed by atoms with van der Waals surface area (Å²) >= 11 is 3.21. The summed E-state index contributed by atoms with van der Waals surface area (Å²) in [6, 6.07) is 9.94. The number of sulfonamides is 1. The van der Waals surface area contributed by atoms with Gasteiger partial charge in [-0.1, -0.05) is 28.1 Å². The van der Waals surface area contributed by atoms with Gasteiger partial charge in [-0.05, 0) is 42.0 Å². The lowest BCUT2D eigenvalue weighted by atomic mass is 10.1. The molecule has 2 rings (SSSR count). The molecule has 2 N–H and O–H groups in total. The molecule has 0 radical (unpaired) electrons. The van der Waals surface area contributed by atoms with Crippen molar-refractivity contribution in [3.8, 4) is 0 Å². The third kappa shape index (κ3) is 4.85. The minimum absolute atomic E-state index is 0.0122. The fraction of sp³-hybridized carbons (Fsp3) is 0.133. The molecule has 122 valence electrons. The molecule has 0 aliphatic carbocycles. The zero-order chi connectivity index (χ0) is 17.0. The van der Waals surface area contributed by atoms with Crippen LogP contribution >= 0.6 is 15.9 Å². The highest BCUT2D eigenvalue weighted by Crippen LogP contribution is 2.22. The summed E-state index contributed by atoms with van der Waals surface area (Å²) in [6.07, 6.45) is -0.457. The monoisotopic (exact) mass is 401 g/mol. The number of hydrogen-bond acceptors (Lipinski definition) is 3. The maximum Gasteiger partial charge on any atom is 0.305 e. The number of carbonyl (C=O) groups is 1. The average Bonchev–Trinajstić information content (AvgIpc) is 2.47. The normalized spacial score (nSPS) is 12.8. The van der Waals surface area contributed by atoms with Gasteiger partial charge in [-0.3, -0.25) is 4.79 Å². The molecule has 0 amide bonds. The molecular formula is C15H13BrFNO4S. The van der Waals surface area contributed by atoms with Crippen molar-refractivity contribution < 1.29 is 22.7 Å². The molecule has 0 saturated carbocycles. The standard InChI is InChI=1S/C15H13BrFNO4S/c16-11-3-7-13(8-4-11)23(21,22)18-14(9-15(19)20)10-1-5-12(17)6-2-10/h1-8,14,18H,9H2,(H,19,20). The third-order valence-electron chi connectivity index (χ3n) is 3.07. The summed E-state index contributed by atoms with van der Waals surface area (Å²) in [5.41, 5.74) is 0.370. The van der Waals surface area contributed by atoms with E-state index in [1.807, 2.05) is 0 Å². The highest BCUT2D eigenvalue weighted by atomic mass is 79.9. The highest BCUT2D eigenvalue weighted by Gasteiger charge is 2.23. The van der Waals surface area contributed by atoms with Gasteiger partial charge in [-0.25, -0.2) is 17.5 Å². The first-order valence-corrected chi connectivity index (χ1v) is 8.81. The van der Waals surface area contributed by atoms with E-state index in [1.54, 1.807) is 12.1 Å². The van der Waals surface area contributed by atoms with Crippen molar-refractivity contribution in [2.24, 2.45) is 0 Å². The Morgan fingerprint density at radius 2 is 1.70 bits per heavy atom. The summed E-state index contributed by atoms with van der Waals surface area (Å²) in [4.78, 5) is 11.0. The second-order valence-corrected chi connectivity index (χ2v) is 7.41. The molecule has 0 fully saturated rings. The van der Waals surface area contributed by atoms with Gasteiger partial charge in [-0.2, -0.15) is 0 Å². The number of benzene rings is 2. The Balaban J connectivity index is 2.31. The van der Waals surface area contributed by atoms with Crippen LogP contribution in [0.4, 0.5) is 4.39 Å². The lowest BCUT2D eigenvalue weighted by molar-refractivity contribution is -0.137. The smallest absolute Gasteiger partial charge is 0.305 e. The molecule has 8 heteroatoms. The quantitative estimate of drug-likeness (QED) is 0.778. The van der Waals surface area contributed by atoms with Crippen LogP contribution < -0.4 is 4.72 Å². The molecule has 1 atom stereocenters. The van der Waals surface area contributed by atoms with Gasteiger partial charge >= 0.3 is 5.97 Å². The Hall–Kier alpha value is -1.77. The molecule has 5 nitrogen and oxygen atoms in total. The summed E-state index contributed by atoms with van der Waals surface area (Å²) < 4.78 is 40.8. The van der Waals surface area contributed by atoms with Crippen LogP contribution in [0.3, 0.4) is 0 Å². The molecule has 0 heterocycles. The Morgan fingerprint density at radius 1 is 1.13 bits per heavy atom. The first kappa shape index (κ1) is 17.6. The van der Waals surface area contributed by atoms with Crippen LogP contribution in [0.25, 0.3) is 0 Å². The van der Waals surface area contributed by atoms with E-state index < -0.39 is 34.3 Å². The second kappa shape index (κ2) is 7.20. The number of aliphatic carboxylic acids is 1. The van der Waals surface area contributed by atoms with Crippen molar-refractivity contribution in [3.05, 3.63) is 64.4 Å². The number of carboxylic acid groups (broad SMARTS) is 1. The molecule has 2 aromatic rings. The van der Waals surface area contributed by atoms with Gasteiger partial charge in [0.25, 0.3) is 0 Å². The summed E-state index contributed by atoms with van der Waals surface area (Å²) in [5.74, 6) is -1.66. The molecule has 0 saturated heterocycles. The van der Waals surface area contributed by atoms with Crippen molar-refractivity contribution >= 4 is 31.9 Å². The van der Waals surface area contributed by atoms with Gasteiger partial charge in [0, 0.05) is 4.47 Å². The average molecular weight is 402 g/mol. The van der Waals surface area contributed by atoms with Gasteiger partial charge in [0.1, 0.15) is 5.82 Å². The van der Waals surface area contributed by atoms with Gasteiger partial charge in [0.15, 0.2) is 0 Å². The molecule has 2 aromatic carbocycles. The molecule has 0 aliphatic rings. The van der Waals surface area contributed by atoms with Crippen LogP contribution in [-0.2, 0) is 14.8 Å². The van der Waals surface area contributed by atoms with Crippen molar-refractivity contribution in [1.29, 1.82) is 0 Å². The van der Waals surface area contributed by atoms with Crippen LogP contribution in [0.15, 0.2) is 57.9 Å². The zero-order valence-corrected chi connectivity index (χ0v) is 14.1. The lowest BCUT2D eigenvalue weighted by Gasteiger charge is -2.17. The van der Waals surface area contributed by atoms with Crippen LogP contribution in [0.5, 0.6) is 0 Å². The minimum atomic E-state index is -3.91. The van der Waals surface area contributed by atoms with E-state index in [-0.39, 0.29) is 4.90 Å². The number of carboxylic acids is 1. The Morgan fingerprint density at radius 3 is 2.22 bits per heavy atom. The Labute approximate surface area is 141 Å². The molecule has 23 heavy (non-hydrogen) atoms. The molecular weight excluding hydrogens is 389 g/mol. The van der Waals surface area contributed by atoms with Crippen LogP contribution in [0.2, 0.25) is 0 Å². The second-order valence-electron chi connectivity index (χ2n) is 4.78. The Kier molecular flexibility index (Phi) is 5.51. The predicted molar refractivity (Wildman–Crippen MR) is 85.9 cm³/mol. The Bertz CT molecular complexity index is 791. The molecule has 1 unspecified atom stereocenters. The van der Waals surface area contributed by atoms with E-state index in [0.717, 1.165) is 16.6 Å². The maximum atomic E-state index is 13.0. The summed E-state index contributed by atoms with van der Waals surface area (Å²) in [5, 5.41) is 8.99. The first-order valence-electron chi connectivity index (χ1n) is 6.53. The van der Waals surface area contributed by atoms with E-state index in [0.29, 0.717) is 5.56 Å². The van der Waals surface area contributed by atoms with E-state index in [2.05, 4.69) is 20.7 Å².